The van der Waals surface area contributed by atoms with Crippen molar-refractivity contribution in [2.75, 3.05) is 33.5 Å². The van der Waals surface area contributed by atoms with Gasteiger partial charge in [0.25, 0.3) is 0 Å². The van der Waals surface area contributed by atoms with Crippen molar-refractivity contribution in [1.29, 1.82) is 0 Å². The third-order valence-electron chi connectivity index (χ3n) is 18.3. The van der Waals surface area contributed by atoms with E-state index < -0.39 is 118 Å². The lowest BCUT2D eigenvalue weighted by Crippen LogP contribution is -2.65. The van der Waals surface area contributed by atoms with E-state index in [1.54, 1.807) is 7.11 Å². The summed E-state index contributed by atoms with van der Waals surface area (Å²) < 4.78 is 48.8. The van der Waals surface area contributed by atoms with Crippen LogP contribution in [0.25, 0.3) is 0 Å². The summed E-state index contributed by atoms with van der Waals surface area (Å²) in [5.41, 5.74) is 0.150. The maximum atomic E-state index is 11.2. The first-order valence-corrected chi connectivity index (χ1v) is 24.2. The highest BCUT2D eigenvalue weighted by Crippen LogP contribution is 2.71. The van der Waals surface area contributed by atoms with Crippen LogP contribution in [-0.2, 0) is 37.9 Å². The van der Waals surface area contributed by atoms with Gasteiger partial charge in [0.05, 0.1) is 38.6 Å². The zero-order chi connectivity index (χ0) is 46.9. The first kappa shape index (κ1) is 50.6. The standard InChI is InChI=1S/C46H78O19/c1-20(19-59-41-38(56)35(53)32(50)28(16-47)61-41)8-13-46(58-5)21(2)31-27(65-46)15-26-24-7-6-22-14-23(9-11-44(22,3)25(24)10-12-45(26,31)4)60-43-40(37(55)34(52)30(18-49)63-43)64-42-39(57)36(54)33(51)29(17-48)62-42/h20-43,47-57H,6-19H2,1-5H3/t20-,21-,22+,23-,24+,25-,26-,27-,28+,29+,30+,31-,32+,33+,34+,35-,36-,37-,38+,39+,40+,41+,42-,43+,44-,45-,46+/m0/s1. The monoisotopic (exact) mass is 935 g/mol. The summed E-state index contributed by atoms with van der Waals surface area (Å²) in [6.45, 7) is 7.69. The summed E-state index contributed by atoms with van der Waals surface area (Å²) in [4.78, 5) is 0. The molecule has 8 aliphatic rings. The van der Waals surface area contributed by atoms with Gasteiger partial charge in [-0.05, 0) is 104 Å². The van der Waals surface area contributed by atoms with Crippen molar-refractivity contribution >= 4 is 0 Å². The molecule has 19 heteroatoms. The van der Waals surface area contributed by atoms with Crippen LogP contribution < -0.4 is 0 Å². The van der Waals surface area contributed by atoms with Crippen LogP contribution in [0.2, 0.25) is 0 Å². The fourth-order valence-corrected chi connectivity index (χ4v) is 14.5. The van der Waals surface area contributed by atoms with E-state index in [1.807, 2.05) is 6.92 Å². The molecule has 376 valence electrons. The molecule has 0 aromatic carbocycles. The summed E-state index contributed by atoms with van der Waals surface area (Å²) in [5.74, 6) is 1.67. The van der Waals surface area contributed by atoms with Crippen molar-refractivity contribution < 1.29 is 94.1 Å². The van der Waals surface area contributed by atoms with Gasteiger partial charge in [-0.15, -0.1) is 0 Å². The maximum absolute atomic E-state index is 11.2. The van der Waals surface area contributed by atoms with Crippen LogP contribution in [0.15, 0.2) is 0 Å². The number of ether oxygens (including phenoxy) is 8. The van der Waals surface area contributed by atoms with Crippen molar-refractivity contribution in [3.8, 4) is 0 Å². The molecule has 19 nitrogen and oxygen atoms in total. The van der Waals surface area contributed by atoms with E-state index in [1.165, 1.54) is 0 Å². The molecule has 4 saturated carbocycles. The van der Waals surface area contributed by atoms with Gasteiger partial charge in [0, 0.05) is 19.4 Å². The third kappa shape index (κ3) is 8.90. The van der Waals surface area contributed by atoms with E-state index in [4.69, 9.17) is 37.9 Å². The van der Waals surface area contributed by atoms with Gasteiger partial charge >= 0.3 is 0 Å². The Kier molecular flexibility index (Phi) is 15.4. The summed E-state index contributed by atoms with van der Waals surface area (Å²) in [7, 11) is 1.73. The highest BCUT2D eigenvalue weighted by molar-refractivity contribution is 5.15. The fourth-order valence-electron chi connectivity index (χ4n) is 14.5. The molecule has 4 aliphatic carbocycles. The van der Waals surface area contributed by atoms with Crippen LogP contribution in [0, 0.1) is 52.3 Å². The topological polar surface area (TPSA) is 296 Å². The van der Waals surface area contributed by atoms with E-state index in [0.29, 0.717) is 48.9 Å². The molecule has 0 unspecified atom stereocenters. The normalized spacial score (nSPS) is 54.9. The molecule has 65 heavy (non-hydrogen) atoms. The van der Waals surface area contributed by atoms with Crippen molar-refractivity contribution in [2.45, 2.75) is 202 Å². The van der Waals surface area contributed by atoms with Crippen LogP contribution in [0.4, 0.5) is 0 Å². The quantitative estimate of drug-likeness (QED) is 0.0920. The summed E-state index contributed by atoms with van der Waals surface area (Å²) in [5, 5.41) is 113. The Balaban J connectivity index is 0.880. The van der Waals surface area contributed by atoms with Gasteiger partial charge < -0.3 is 94.1 Å². The molecule has 0 spiro atoms. The van der Waals surface area contributed by atoms with Crippen LogP contribution in [0.5, 0.6) is 0 Å². The van der Waals surface area contributed by atoms with Gasteiger partial charge in [-0.2, -0.15) is 0 Å². The number of aliphatic hydroxyl groups is 11. The SMILES string of the molecule is CO[C@]1(CC[C@H](C)CO[C@@H]2O[C@H](CO)[C@@H](O)[C@H](O)[C@H]2O)O[C@H]2C[C@H]3[C@@H]4CC[C@@H]5C[C@@H](O[C@@H]6O[C@H](CO)[C@@H](O)[C@H](O)[C@H]6O[C@@H]6O[C@H](CO)[C@@H](O)[C@H](O)[C@H]6O)CC[C@]5(C)[C@H]4CC[C@]3(C)[C@H]2[C@@H]1C. The lowest BCUT2D eigenvalue weighted by atomic mass is 9.44. The number of rotatable bonds is 14. The first-order chi connectivity index (χ1) is 30.9. The molecule has 0 bridgehead atoms. The minimum absolute atomic E-state index is 0.0271. The molecule has 11 N–H and O–H groups in total. The summed E-state index contributed by atoms with van der Waals surface area (Å²) >= 11 is 0. The number of fused-ring (bicyclic) bond motifs is 7. The molecule has 4 aliphatic heterocycles. The van der Waals surface area contributed by atoms with Crippen molar-refractivity contribution in [3.63, 3.8) is 0 Å². The Morgan fingerprint density at radius 2 is 1.22 bits per heavy atom. The van der Waals surface area contributed by atoms with Gasteiger partial charge in [-0.3, -0.25) is 0 Å². The smallest absolute Gasteiger partial charge is 0.187 e. The average Bonchev–Trinajstić information content (AvgIpc) is 3.76. The fraction of sp³-hybridized carbons (Fsp3) is 1.00. The van der Waals surface area contributed by atoms with Crippen molar-refractivity contribution in [2.24, 2.45) is 52.3 Å². The van der Waals surface area contributed by atoms with E-state index in [-0.39, 0.29) is 41.5 Å². The van der Waals surface area contributed by atoms with Crippen molar-refractivity contribution in [3.05, 3.63) is 0 Å². The minimum Gasteiger partial charge on any atom is -0.394 e. The van der Waals surface area contributed by atoms with E-state index in [0.717, 1.165) is 44.9 Å². The molecule has 0 aromatic heterocycles. The first-order valence-electron chi connectivity index (χ1n) is 24.2. The molecule has 0 radical (unpaired) electrons. The number of hydrogen-bond donors (Lipinski definition) is 11. The van der Waals surface area contributed by atoms with E-state index in [9.17, 15) is 56.2 Å². The molecule has 4 heterocycles. The molecular formula is C46H78O19. The lowest BCUT2D eigenvalue weighted by Gasteiger charge is -2.61. The van der Waals surface area contributed by atoms with Gasteiger partial charge in [0.2, 0.25) is 0 Å². The second-order valence-electron chi connectivity index (χ2n) is 21.6. The Morgan fingerprint density at radius 3 is 1.85 bits per heavy atom. The molecular weight excluding hydrogens is 856 g/mol. The van der Waals surface area contributed by atoms with Crippen LogP contribution >= 0.6 is 0 Å². The second kappa shape index (κ2) is 19.8. The molecule has 8 fully saturated rings. The highest BCUT2D eigenvalue weighted by atomic mass is 16.8. The Labute approximate surface area is 381 Å². The minimum atomic E-state index is -1.74. The average molecular weight is 935 g/mol. The highest BCUT2D eigenvalue weighted by Gasteiger charge is 2.69. The molecule has 0 aromatic rings. The number of aliphatic hydroxyl groups excluding tert-OH is 11. The molecule has 4 saturated heterocycles. The van der Waals surface area contributed by atoms with E-state index >= 15 is 0 Å². The van der Waals surface area contributed by atoms with Crippen LogP contribution in [0.3, 0.4) is 0 Å². The van der Waals surface area contributed by atoms with Crippen LogP contribution in [-0.4, -0.2) is 200 Å². The Bertz CT molecular complexity index is 1580. The maximum Gasteiger partial charge on any atom is 0.187 e. The Hall–Kier alpha value is -0.760. The molecule has 8 rings (SSSR count). The van der Waals surface area contributed by atoms with Gasteiger partial charge in [-0.25, -0.2) is 0 Å². The largest absolute Gasteiger partial charge is 0.394 e. The summed E-state index contributed by atoms with van der Waals surface area (Å²) in [6.07, 6.45) is -12.7. The third-order valence-corrected chi connectivity index (χ3v) is 18.3. The predicted octanol–water partition coefficient (Wildman–Crippen LogP) is -1.13. The zero-order valence-corrected chi connectivity index (χ0v) is 38.4. The zero-order valence-electron chi connectivity index (χ0n) is 38.4. The lowest BCUT2D eigenvalue weighted by molar-refractivity contribution is -0.373. The van der Waals surface area contributed by atoms with Gasteiger partial charge in [0.1, 0.15) is 73.2 Å². The van der Waals surface area contributed by atoms with Crippen LogP contribution in [0.1, 0.15) is 91.9 Å². The van der Waals surface area contributed by atoms with E-state index in [2.05, 4.69) is 20.8 Å². The van der Waals surface area contributed by atoms with Gasteiger partial charge in [0.15, 0.2) is 24.7 Å². The summed E-state index contributed by atoms with van der Waals surface area (Å²) in [6, 6.07) is 0. The Morgan fingerprint density at radius 1 is 0.631 bits per heavy atom. The number of hydrogen-bond acceptors (Lipinski definition) is 19. The predicted molar refractivity (Wildman–Crippen MR) is 224 cm³/mol. The van der Waals surface area contributed by atoms with Crippen molar-refractivity contribution in [1.82, 2.24) is 0 Å². The molecule has 27 atom stereocenters. The molecule has 0 amide bonds. The second-order valence-corrected chi connectivity index (χ2v) is 21.6. The van der Waals surface area contributed by atoms with Gasteiger partial charge in [-0.1, -0.05) is 27.7 Å². The number of methoxy groups -OCH3 is 1.